The smallest absolute Gasteiger partial charge is 0.234 e. The highest BCUT2D eigenvalue weighted by Gasteiger charge is 2.14. The predicted molar refractivity (Wildman–Crippen MR) is 108 cm³/mol. The molecule has 28 heavy (non-hydrogen) atoms. The van der Waals surface area contributed by atoms with Gasteiger partial charge in [-0.25, -0.2) is 4.68 Å². The molecule has 1 amide bonds. The van der Waals surface area contributed by atoms with E-state index in [0.29, 0.717) is 16.7 Å². The van der Waals surface area contributed by atoms with Crippen LogP contribution in [-0.2, 0) is 11.4 Å². The van der Waals surface area contributed by atoms with Crippen molar-refractivity contribution in [2.45, 2.75) is 25.6 Å². The van der Waals surface area contributed by atoms with Crippen molar-refractivity contribution in [3.8, 4) is 11.5 Å². The van der Waals surface area contributed by atoms with E-state index in [-0.39, 0.29) is 24.0 Å². The molecule has 3 rings (SSSR count). The summed E-state index contributed by atoms with van der Waals surface area (Å²) in [5, 5.41) is 20.6. The quantitative estimate of drug-likeness (QED) is 0.413. The van der Waals surface area contributed by atoms with Crippen molar-refractivity contribution in [1.82, 2.24) is 14.9 Å². The van der Waals surface area contributed by atoms with Crippen LogP contribution in [0.25, 0.3) is 0 Å². The lowest BCUT2D eigenvalue weighted by Crippen LogP contribution is -2.18. The summed E-state index contributed by atoms with van der Waals surface area (Å²) in [7, 11) is 0. The monoisotopic (exact) mass is 399 g/mol. The van der Waals surface area contributed by atoms with Crippen LogP contribution in [0.1, 0.15) is 17.0 Å². The molecular formula is C19H21N5O3S. The summed E-state index contributed by atoms with van der Waals surface area (Å²) in [4.78, 5) is 12.1. The molecule has 0 radical (unpaired) electrons. The van der Waals surface area contributed by atoms with E-state index >= 15 is 0 Å². The summed E-state index contributed by atoms with van der Waals surface area (Å²) >= 11 is 1.16. The molecule has 0 fully saturated rings. The van der Waals surface area contributed by atoms with E-state index in [0.717, 1.165) is 28.6 Å². The number of aryl methyl sites for hydroxylation is 2. The van der Waals surface area contributed by atoms with Gasteiger partial charge in [0.1, 0.15) is 18.1 Å². The van der Waals surface area contributed by atoms with Gasteiger partial charge in [-0.1, -0.05) is 36.0 Å². The number of benzene rings is 2. The maximum atomic E-state index is 12.1. The minimum atomic E-state index is -0.244. The van der Waals surface area contributed by atoms with E-state index in [1.807, 2.05) is 32.0 Å². The van der Waals surface area contributed by atoms with Crippen molar-refractivity contribution in [3.05, 3.63) is 59.4 Å². The summed E-state index contributed by atoms with van der Waals surface area (Å²) in [6.07, 6.45) is 0. The lowest BCUT2D eigenvalue weighted by atomic mass is 10.1. The highest BCUT2D eigenvalue weighted by Crippen LogP contribution is 2.24. The molecule has 0 saturated carbocycles. The molecule has 0 spiro atoms. The molecule has 0 saturated heterocycles. The number of amides is 1. The van der Waals surface area contributed by atoms with Gasteiger partial charge in [-0.3, -0.25) is 4.79 Å². The molecule has 4 N–H and O–H groups in total. The van der Waals surface area contributed by atoms with Crippen LogP contribution in [0.3, 0.4) is 0 Å². The standard InChI is InChI=1S/C19H21N5O3S/c1-12-5-3-6-13(2)18(12)27-10-16-22-23-19(24(16)20)28-11-17(26)21-14-7-4-8-15(25)9-14/h3-9,25H,10-11,20H2,1-2H3,(H,21,26). The fraction of sp³-hybridized carbons (Fsp3) is 0.211. The molecule has 2 aromatic carbocycles. The van der Waals surface area contributed by atoms with E-state index in [9.17, 15) is 9.90 Å². The molecule has 0 atom stereocenters. The number of ether oxygens (including phenoxy) is 1. The molecule has 0 bridgehead atoms. The third-order valence-corrected chi connectivity index (χ3v) is 4.89. The highest BCUT2D eigenvalue weighted by atomic mass is 32.2. The van der Waals surface area contributed by atoms with Gasteiger partial charge in [-0.15, -0.1) is 10.2 Å². The Morgan fingerprint density at radius 1 is 1.21 bits per heavy atom. The average molecular weight is 399 g/mol. The largest absolute Gasteiger partial charge is 0.508 e. The van der Waals surface area contributed by atoms with Crippen LogP contribution in [0.4, 0.5) is 5.69 Å². The Morgan fingerprint density at radius 2 is 1.93 bits per heavy atom. The second kappa shape index (κ2) is 8.66. The number of nitrogens with one attached hydrogen (secondary N) is 1. The van der Waals surface area contributed by atoms with Crippen molar-refractivity contribution in [2.75, 3.05) is 16.9 Å². The number of para-hydroxylation sites is 1. The van der Waals surface area contributed by atoms with E-state index in [2.05, 4.69) is 15.5 Å². The Bertz CT molecular complexity index is 969. The van der Waals surface area contributed by atoms with Crippen LogP contribution < -0.4 is 15.9 Å². The topological polar surface area (TPSA) is 115 Å². The summed E-state index contributed by atoms with van der Waals surface area (Å²) < 4.78 is 7.17. The number of aromatic hydroxyl groups is 1. The van der Waals surface area contributed by atoms with E-state index in [4.69, 9.17) is 10.6 Å². The number of phenolic OH excluding ortho intramolecular Hbond substituents is 1. The molecule has 1 heterocycles. The third-order valence-electron chi connectivity index (χ3n) is 3.95. The molecular weight excluding hydrogens is 378 g/mol. The van der Waals surface area contributed by atoms with E-state index in [1.54, 1.807) is 12.1 Å². The number of hydrogen-bond acceptors (Lipinski definition) is 7. The van der Waals surface area contributed by atoms with Crippen molar-refractivity contribution >= 4 is 23.4 Å². The Kier molecular flexibility index (Phi) is 6.05. The zero-order chi connectivity index (χ0) is 20.1. The number of thioether (sulfide) groups is 1. The first-order valence-electron chi connectivity index (χ1n) is 8.54. The van der Waals surface area contributed by atoms with Crippen LogP contribution in [0.2, 0.25) is 0 Å². The zero-order valence-electron chi connectivity index (χ0n) is 15.5. The van der Waals surface area contributed by atoms with Gasteiger partial charge in [-0.2, -0.15) is 0 Å². The molecule has 3 aromatic rings. The number of nitrogen functional groups attached to an aromatic ring is 1. The average Bonchev–Trinajstić information content (AvgIpc) is 2.99. The maximum absolute atomic E-state index is 12.1. The van der Waals surface area contributed by atoms with Gasteiger partial charge >= 0.3 is 0 Å². The molecule has 0 aliphatic carbocycles. The first-order valence-corrected chi connectivity index (χ1v) is 9.52. The fourth-order valence-corrected chi connectivity index (χ4v) is 3.25. The van der Waals surface area contributed by atoms with E-state index < -0.39 is 0 Å². The predicted octanol–water partition coefficient (Wildman–Crippen LogP) is 2.62. The van der Waals surface area contributed by atoms with E-state index in [1.165, 1.54) is 16.8 Å². The Hall–Kier alpha value is -3.20. The Morgan fingerprint density at radius 3 is 2.64 bits per heavy atom. The number of aromatic nitrogens is 3. The summed E-state index contributed by atoms with van der Waals surface area (Å²) in [5.74, 6) is 7.22. The van der Waals surface area contributed by atoms with Gasteiger partial charge in [0.2, 0.25) is 11.1 Å². The zero-order valence-corrected chi connectivity index (χ0v) is 16.4. The number of nitrogens with two attached hydrogens (primary N) is 1. The molecule has 1 aromatic heterocycles. The number of anilines is 1. The lowest BCUT2D eigenvalue weighted by Gasteiger charge is -2.11. The maximum Gasteiger partial charge on any atom is 0.234 e. The molecule has 0 aliphatic rings. The number of carbonyl (C=O) groups is 1. The van der Waals surface area contributed by atoms with Crippen molar-refractivity contribution in [1.29, 1.82) is 0 Å². The Labute approximate surface area is 166 Å². The van der Waals surface area contributed by atoms with Gasteiger partial charge in [0.05, 0.1) is 5.75 Å². The second-order valence-corrected chi connectivity index (χ2v) is 7.11. The lowest BCUT2D eigenvalue weighted by molar-refractivity contribution is -0.113. The number of hydrogen-bond donors (Lipinski definition) is 3. The normalized spacial score (nSPS) is 10.6. The van der Waals surface area contributed by atoms with Crippen LogP contribution in [0.15, 0.2) is 47.6 Å². The second-order valence-electron chi connectivity index (χ2n) is 6.17. The molecule has 9 heteroatoms. The minimum absolute atomic E-state index is 0.0840. The minimum Gasteiger partial charge on any atom is -0.508 e. The molecule has 0 unspecified atom stereocenters. The van der Waals surface area contributed by atoms with Crippen LogP contribution in [0, 0.1) is 13.8 Å². The number of phenols is 1. The molecule has 146 valence electrons. The SMILES string of the molecule is Cc1cccc(C)c1OCc1nnc(SCC(=O)Nc2cccc(O)c2)n1N. The van der Waals surface area contributed by atoms with Gasteiger partial charge in [0, 0.05) is 11.8 Å². The van der Waals surface area contributed by atoms with Gasteiger partial charge in [0.15, 0.2) is 5.82 Å². The Balaban J connectivity index is 1.56. The number of nitrogens with zero attached hydrogens (tertiary/aromatic N) is 3. The van der Waals surface area contributed by atoms with Gasteiger partial charge < -0.3 is 21.0 Å². The third kappa shape index (κ3) is 4.74. The number of rotatable bonds is 7. The highest BCUT2D eigenvalue weighted by molar-refractivity contribution is 7.99. The van der Waals surface area contributed by atoms with Crippen LogP contribution in [0.5, 0.6) is 11.5 Å². The van der Waals surface area contributed by atoms with Crippen LogP contribution in [-0.4, -0.2) is 31.6 Å². The first-order chi connectivity index (χ1) is 13.4. The van der Waals surface area contributed by atoms with Crippen molar-refractivity contribution < 1.29 is 14.6 Å². The number of carbonyl (C=O) groups excluding carboxylic acids is 1. The fourth-order valence-electron chi connectivity index (χ4n) is 2.58. The van der Waals surface area contributed by atoms with Crippen LogP contribution >= 0.6 is 11.8 Å². The van der Waals surface area contributed by atoms with Crippen molar-refractivity contribution in [3.63, 3.8) is 0 Å². The van der Waals surface area contributed by atoms with Gasteiger partial charge in [-0.05, 0) is 37.1 Å². The molecule has 0 aliphatic heterocycles. The van der Waals surface area contributed by atoms with Gasteiger partial charge in [0.25, 0.3) is 0 Å². The summed E-state index contributed by atoms with van der Waals surface area (Å²) in [6.45, 7) is 4.12. The summed E-state index contributed by atoms with van der Waals surface area (Å²) in [5.41, 5.74) is 2.57. The first kappa shape index (κ1) is 19.6. The molecule has 8 nitrogen and oxygen atoms in total. The van der Waals surface area contributed by atoms with Crippen molar-refractivity contribution in [2.24, 2.45) is 0 Å². The summed E-state index contributed by atoms with van der Waals surface area (Å²) in [6, 6.07) is 12.3.